The lowest BCUT2D eigenvalue weighted by Crippen LogP contribution is -2.33. The molecule has 21 heavy (non-hydrogen) atoms. The lowest BCUT2D eigenvalue weighted by molar-refractivity contribution is 0.223. The number of nitrogens with zero attached hydrogens (tertiary/aromatic N) is 2. The number of likely N-dealkylation sites (N-methyl/N-ethyl adjacent to an activating group) is 1. The number of benzene rings is 1. The summed E-state index contributed by atoms with van der Waals surface area (Å²) in [7, 11) is 1.81. The van der Waals surface area contributed by atoms with E-state index < -0.39 is 0 Å². The SMILES string of the molecule is Cc1cccc(C)c1NC(=O)N(C)CCc1ccncc1. The molecule has 0 bridgehead atoms. The second kappa shape index (κ2) is 6.88. The van der Waals surface area contributed by atoms with E-state index in [1.165, 1.54) is 5.56 Å². The van der Waals surface area contributed by atoms with E-state index in [1.54, 1.807) is 17.3 Å². The van der Waals surface area contributed by atoms with Gasteiger partial charge in [0.2, 0.25) is 0 Å². The molecule has 0 radical (unpaired) electrons. The van der Waals surface area contributed by atoms with Crippen LogP contribution in [0.15, 0.2) is 42.7 Å². The largest absolute Gasteiger partial charge is 0.327 e. The summed E-state index contributed by atoms with van der Waals surface area (Å²) < 4.78 is 0. The van der Waals surface area contributed by atoms with E-state index in [0.29, 0.717) is 6.54 Å². The minimum Gasteiger partial charge on any atom is -0.327 e. The van der Waals surface area contributed by atoms with Crippen LogP contribution in [0.2, 0.25) is 0 Å². The molecule has 1 N–H and O–H groups in total. The number of carbonyl (C=O) groups excluding carboxylic acids is 1. The molecule has 4 heteroatoms. The lowest BCUT2D eigenvalue weighted by atomic mass is 10.1. The predicted octanol–water partition coefficient (Wildman–Crippen LogP) is 3.40. The van der Waals surface area contributed by atoms with Crippen molar-refractivity contribution in [3.8, 4) is 0 Å². The van der Waals surface area contributed by atoms with Gasteiger partial charge in [0.15, 0.2) is 0 Å². The number of anilines is 1. The van der Waals surface area contributed by atoms with Crippen molar-refractivity contribution in [2.24, 2.45) is 0 Å². The van der Waals surface area contributed by atoms with E-state index in [-0.39, 0.29) is 6.03 Å². The smallest absolute Gasteiger partial charge is 0.321 e. The zero-order chi connectivity index (χ0) is 15.2. The maximum atomic E-state index is 12.2. The van der Waals surface area contributed by atoms with Crippen LogP contribution in [0, 0.1) is 13.8 Å². The third-order valence-corrected chi connectivity index (χ3v) is 3.54. The Kier molecular flexibility index (Phi) is 4.93. The van der Waals surface area contributed by atoms with Crippen molar-refractivity contribution >= 4 is 11.7 Å². The van der Waals surface area contributed by atoms with Crippen molar-refractivity contribution in [3.05, 3.63) is 59.4 Å². The summed E-state index contributed by atoms with van der Waals surface area (Å²) >= 11 is 0. The molecule has 2 amide bonds. The second-order valence-corrected chi connectivity index (χ2v) is 5.22. The molecule has 0 spiro atoms. The maximum Gasteiger partial charge on any atom is 0.321 e. The van der Waals surface area contributed by atoms with Crippen molar-refractivity contribution in [3.63, 3.8) is 0 Å². The van der Waals surface area contributed by atoms with E-state index >= 15 is 0 Å². The summed E-state index contributed by atoms with van der Waals surface area (Å²) in [5.41, 5.74) is 4.23. The molecule has 0 fully saturated rings. The molecule has 0 unspecified atom stereocenters. The number of urea groups is 1. The van der Waals surface area contributed by atoms with Crippen LogP contribution in [0.3, 0.4) is 0 Å². The zero-order valence-electron chi connectivity index (χ0n) is 12.8. The van der Waals surface area contributed by atoms with Crippen LogP contribution in [0.25, 0.3) is 0 Å². The fourth-order valence-electron chi connectivity index (χ4n) is 2.16. The number of aromatic nitrogens is 1. The van der Waals surface area contributed by atoms with Gasteiger partial charge in [0, 0.05) is 31.7 Å². The summed E-state index contributed by atoms with van der Waals surface area (Å²) in [6.07, 6.45) is 4.36. The Bertz CT molecular complexity index is 590. The van der Waals surface area contributed by atoms with Crippen LogP contribution < -0.4 is 5.32 Å². The van der Waals surface area contributed by atoms with E-state index in [9.17, 15) is 4.79 Å². The minimum absolute atomic E-state index is 0.0820. The average Bonchev–Trinajstić information content (AvgIpc) is 2.49. The van der Waals surface area contributed by atoms with E-state index in [2.05, 4.69) is 10.3 Å². The molecule has 0 saturated carbocycles. The van der Waals surface area contributed by atoms with Gasteiger partial charge < -0.3 is 10.2 Å². The summed E-state index contributed by atoms with van der Waals surface area (Å²) in [5.74, 6) is 0. The highest BCUT2D eigenvalue weighted by molar-refractivity contribution is 5.90. The molecule has 0 saturated heterocycles. The van der Waals surface area contributed by atoms with Gasteiger partial charge >= 0.3 is 6.03 Å². The van der Waals surface area contributed by atoms with Crippen molar-refractivity contribution in [1.82, 2.24) is 9.88 Å². The Hall–Kier alpha value is -2.36. The number of aryl methyl sites for hydroxylation is 2. The minimum atomic E-state index is -0.0820. The Balaban J connectivity index is 1.94. The first-order valence-corrected chi connectivity index (χ1v) is 7.05. The Morgan fingerprint density at radius 3 is 2.38 bits per heavy atom. The van der Waals surface area contributed by atoms with Gasteiger partial charge in [-0.25, -0.2) is 4.79 Å². The number of amides is 2. The van der Waals surface area contributed by atoms with Crippen molar-refractivity contribution in [1.29, 1.82) is 0 Å². The topological polar surface area (TPSA) is 45.2 Å². The average molecular weight is 283 g/mol. The van der Waals surface area contributed by atoms with Gasteiger partial charge in [-0.1, -0.05) is 18.2 Å². The fraction of sp³-hybridized carbons (Fsp3) is 0.294. The predicted molar refractivity (Wildman–Crippen MR) is 85.5 cm³/mol. The molecule has 1 aromatic carbocycles. The van der Waals surface area contributed by atoms with E-state index in [4.69, 9.17) is 0 Å². The van der Waals surface area contributed by atoms with Crippen LogP contribution in [-0.4, -0.2) is 29.5 Å². The number of carbonyl (C=O) groups is 1. The lowest BCUT2D eigenvalue weighted by Gasteiger charge is -2.19. The summed E-state index contributed by atoms with van der Waals surface area (Å²) in [6, 6.07) is 9.85. The number of hydrogen-bond donors (Lipinski definition) is 1. The highest BCUT2D eigenvalue weighted by Crippen LogP contribution is 2.19. The van der Waals surface area contributed by atoms with E-state index in [0.717, 1.165) is 23.2 Å². The Morgan fingerprint density at radius 1 is 1.14 bits per heavy atom. The molecule has 0 aliphatic carbocycles. The van der Waals surface area contributed by atoms with E-state index in [1.807, 2.05) is 51.2 Å². The summed E-state index contributed by atoms with van der Waals surface area (Å²) in [6.45, 7) is 4.67. The second-order valence-electron chi connectivity index (χ2n) is 5.22. The fourth-order valence-corrected chi connectivity index (χ4v) is 2.16. The van der Waals surface area contributed by atoms with Gasteiger partial charge in [-0.05, 0) is 49.1 Å². The van der Waals surface area contributed by atoms with Crippen LogP contribution in [0.1, 0.15) is 16.7 Å². The summed E-state index contributed by atoms with van der Waals surface area (Å²) in [4.78, 5) is 17.9. The molecule has 110 valence electrons. The third kappa shape index (κ3) is 4.05. The first kappa shape index (κ1) is 15.0. The third-order valence-electron chi connectivity index (χ3n) is 3.54. The van der Waals surface area contributed by atoms with Gasteiger partial charge in [-0.15, -0.1) is 0 Å². The zero-order valence-corrected chi connectivity index (χ0v) is 12.8. The van der Waals surface area contributed by atoms with Crippen LogP contribution in [0.5, 0.6) is 0 Å². The number of pyridine rings is 1. The first-order chi connectivity index (χ1) is 10.1. The molecule has 2 rings (SSSR count). The normalized spacial score (nSPS) is 10.2. The first-order valence-electron chi connectivity index (χ1n) is 7.05. The molecule has 1 heterocycles. The maximum absolute atomic E-state index is 12.2. The molecular weight excluding hydrogens is 262 g/mol. The van der Waals surface area contributed by atoms with Crippen molar-refractivity contribution in [2.75, 3.05) is 18.9 Å². The highest BCUT2D eigenvalue weighted by atomic mass is 16.2. The number of para-hydroxylation sites is 1. The van der Waals surface area contributed by atoms with Gasteiger partial charge in [0.25, 0.3) is 0 Å². The highest BCUT2D eigenvalue weighted by Gasteiger charge is 2.11. The van der Waals surface area contributed by atoms with Crippen LogP contribution >= 0.6 is 0 Å². The Morgan fingerprint density at radius 2 is 1.76 bits per heavy atom. The molecule has 1 aromatic heterocycles. The quantitative estimate of drug-likeness (QED) is 0.934. The molecular formula is C17H21N3O. The van der Waals surface area contributed by atoms with Crippen molar-refractivity contribution < 1.29 is 4.79 Å². The summed E-state index contributed by atoms with van der Waals surface area (Å²) in [5, 5.41) is 2.99. The van der Waals surface area contributed by atoms with Gasteiger partial charge in [0.05, 0.1) is 0 Å². The molecule has 4 nitrogen and oxygen atoms in total. The standard InChI is InChI=1S/C17H21N3O/c1-13-5-4-6-14(2)16(13)19-17(21)20(3)12-9-15-7-10-18-11-8-15/h4-8,10-11H,9,12H2,1-3H3,(H,19,21). The number of nitrogens with one attached hydrogen (secondary N) is 1. The van der Waals surface area contributed by atoms with Crippen LogP contribution in [-0.2, 0) is 6.42 Å². The monoisotopic (exact) mass is 283 g/mol. The van der Waals surface area contributed by atoms with Gasteiger partial charge in [-0.3, -0.25) is 4.98 Å². The number of rotatable bonds is 4. The molecule has 2 aromatic rings. The van der Waals surface area contributed by atoms with Crippen LogP contribution in [0.4, 0.5) is 10.5 Å². The molecule has 0 aliphatic rings. The van der Waals surface area contributed by atoms with Gasteiger partial charge in [-0.2, -0.15) is 0 Å². The molecule has 0 atom stereocenters. The Labute approximate surface area is 125 Å². The van der Waals surface area contributed by atoms with Gasteiger partial charge in [0.1, 0.15) is 0 Å². The van der Waals surface area contributed by atoms with Crippen molar-refractivity contribution in [2.45, 2.75) is 20.3 Å². The number of hydrogen-bond acceptors (Lipinski definition) is 2. The molecule has 0 aliphatic heterocycles.